The van der Waals surface area contributed by atoms with Crippen molar-refractivity contribution < 1.29 is 14.3 Å². The van der Waals surface area contributed by atoms with Crippen molar-refractivity contribution in [3.63, 3.8) is 0 Å². The molecule has 1 aromatic rings. The molecule has 0 aliphatic carbocycles. The molecule has 0 aromatic heterocycles. The third-order valence-corrected chi connectivity index (χ3v) is 5.17. The van der Waals surface area contributed by atoms with Crippen LogP contribution in [0.25, 0.3) is 0 Å². The van der Waals surface area contributed by atoms with Crippen molar-refractivity contribution in [1.29, 1.82) is 0 Å². The highest BCUT2D eigenvalue weighted by Crippen LogP contribution is 2.22. The minimum atomic E-state index is -0.122. The predicted molar refractivity (Wildman–Crippen MR) is 118 cm³/mol. The number of hydrogen-bond acceptors (Lipinski definition) is 3. The number of hydrogen-bond donors (Lipinski definition) is 0. The number of unbranched alkanes of at least 4 members (excludes halogenated alkanes) is 10. The van der Waals surface area contributed by atoms with E-state index in [2.05, 4.69) is 6.92 Å². The first-order valence-corrected chi connectivity index (χ1v) is 11.6. The van der Waals surface area contributed by atoms with Gasteiger partial charge in [-0.25, -0.2) is 0 Å². The monoisotopic (exact) mass is 410 g/mol. The topological polar surface area (TPSA) is 35.5 Å². The number of benzene rings is 1. The molecule has 0 spiro atoms. The standard InChI is InChI=1S/C24H39ClO3/c1-3-4-5-6-7-8-9-10-11-12-13-18-28-24(26)15-14-19-27-23-17-16-22(25)20-21(23)2/h16-17,20H,3-15,18-19H2,1-2H3. The number of aryl methyl sites for hydroxylation is 1. The van der Waals surface area contributed by atoms with E-state index in [1.807, 2.05) is 25.1 Å². The zero-order valence-corrected chi connectivity index (χ0v) is 18.7. The molecular weight excluding hydrogens is 372 g/mol. The molecule has 0 N–H and O–H groups in total. The van der Waals surface area contributed by atoms with Crippen LogP contribution in [0.1, 0.15) is 96.0 Å². The maximum atomic E-state index is 11.8. The van der Waals surface area contributed by atoms with Gasteiger partial charge in [0.25, 0.3) is 0 Å². The van der Waals surface area contributed by atoms with Crippen LogP contribution >= 0.6 is 11.6 Å². The van der Waals surface area contributed by atoms with Crippen molar-refractivity contribution >= 4 is 17.6 Å². The molecule has 1 aromatic carbocycles. The summed E-state index contributed by atoms with van der Waals surface area (Å²) >= 11 is 5.93. The minimum Gasteiger partial charge on any atom is -0.493 e. The predicted octanol–water partition coefficient (Wildman–Crippen LogP) is 7.66. The Balaban J connectivity index is 1.88. The van der Waals surface area contributed by atoms with Crippen LogP contribution in [0.4, 0.5) is 0 Å². The Hall–Kier alpha value is -1.22. The van der Waals surface area contributed by atoms with Crippen LogP contribution < -0.4 is 4.74 Å². The molecule has 160 valence electrons. The largest absolute Gasteiger partial charge is 0.493 e. The molecule has 0 amide bonds. The third-order valence-electron chi connectivity index (χ3n) is 4.93. The van der Waals surface area contributed by atoms with E-state index in [1.165, 1.54) is 57.8 Å². The molecule has 1 rings (SSSR count). The average Bonchev–Trinajstić information content (AvgIpc) is 2.67. The van der Waals surface area contributed by atoms with E-state index >= 15 is 0 Å². The van der Waals surface area contributed by atoms with Crippen LogP contribution in [0.2, 0.25) is 5.02 Å². The van der Waals surface area contributed by atoms with Crippen molar-refractivity contribution in [3.05, 3.63) is 28.8 Å². The van der Waals surface area contributed by atoms with Crippen LogP contribution in [0.15, 0.2) is 18.2 Å². The highest BCUT2D eigenvalue weighted by molar-refractivity contribution is 6.30. The molecule has 0 aliphatic heterocycles. The molecule has 0 saturated heterocycles. The molecule has 0 fully saturated rings. The highest BCUT2D eigenvalue weighted by Gasteiger charge is 2.04. The fourth-order valence-corrected chi connectivity index (χ4v) is 3.42. The van der Waals surface area contributed by atoms with Crippen LogP contribution in [0.3, 0.4) is 0 Å². The van der Waals surface area contributed by atoms with E-state index < -0.39 is 0 Å². The van der Waals surface area contributed by atoms with Crippen molar-refractivity contribution in [2.24, 2.45) is 0 Å². The molecular formula is C24H39ClO3. The van der Waals surface area contributed by atoms with E-state index in [0.717, 1.165) is 24.2 Å². The summed E-state index contributed by atoms with van der Waals surface area (Å²) in [6.45, 7) is 5.28. The van der Waals surface area contributed by atoms with Gasteiger partial charge in [-0.15, -0.1) is 0 Å². The van der Waals surface area contributed by atoms with Gasteiger partial charge in [-0.2, -0.15) is 0 Å². The van der Waals surface area contributed by atoms with Crippen LogP contribution in [0.5, 0.6) is 5.75 Å². The highest BCUT2D eigenvalue weighted by atomic mass is 35.5. The van der Waals surface area contributed by atoms with Gasteiger partial charge < -0.3 is 9.47 Å². The fraction of sp³-hybridized carbons (Fsp3) is 0.708. The molecule has 3 nitrogen and oxygen atoms in total. The van der Waals surface area contributed by atoms with Crippen molar-refractivity contribution in [1.82, 2.24) is 0 Å². The maximum Gasteiger partial charge on any atom is 0.305 e. The van der Waals surface area contributed by atoms with E-state index in [0.29, 0.717) is 31.1 Å². The van der Waals surface area contributed by atoms with Crippen molar-refractivity contribution in [3.8, 4) is 5.75 Å². The quantitative estimate of drug-likeness (QED) is 0.195. The SMILES string of the molecule is CCCCCCCCCCCCCOC(=O)CCCOc1ccc(Cl)cc1C. The van der Waals surface area contributed by atoms with Crippen LogP contribution in [0, 0.1) is 6.92 Å². The van der Waals surface area contributed by atoms with Gasteiger partial charge in [0.15, 0.2) is 0 Å². The first-order chi connectivity index (χ1) is 13.6. The van der Waals surface area contributed by atoms with Gasteiger partial charge in [-0.05, 0) is 43.5 Å². The number of esters is 1. The van der Waals surface area contributed by atoms with E-state index in [4.69, 9.17) is 21.1 Å². The summed E-state index contributed by atoms with van der Waals surface area (Å²) in [4.78, 5) is 11.8. The molecule has 0 aliphatic rings. The average molecular weight is 411 g/mol. The summed E-state index contributed by atoms with van der Waals surface area (Å²) in [5.74, 6) is 0.697. The Morgan fingerprint density at radius 2 is 1.46 bits per heavy atom. The molecule has 0 heterocycles. The smallest absolute Gasteiger partial charge is 0.305 e. The normalized spacial score (nSPS) is 10.8. The van der Waals surface area contributed by atoms with Gasteiger partial charge in [-0.3, -0.25) is 4.79 Å². The van der Waals surface area contributed by atoms with E-state index in [-0.39, 0.29) is 5.97 Å². The number of halogens is 1. The summed E-state index contributed by atoms with van der Waals surface area (Å²) in [5.41, 5.74) is 1.01. The second-order valence-corrected chi connectivity index (χ2v) is 8.05. The molecule has 0 radical (unpaired) electrons. The Morgan fingerprint density at radius 1 is 0.857 bits per heavy atom. The zero-order valence-electron chi connectivity index (χ0n) is 17.9. The molecule has 0 saturated carbocycles. The van der Waals surface area contributed by atoms with Crippen LogP contribution in [-0.2, 0) is 9.53 Å². The Bertz CT molecular complexity index is 531. The summed E-state index contributed by atoms with van der Waals surface area (Å²) in [5, 5.41) is 0.704. The lowest BCUT2D eigenvalue weighted by molar-refractivity contribution is -0.144. The second kappa shape index (κ2) is 16.7. The van der Waals surface area contributed by atoms with E-state index in [1.54, 1.807) is 0 Å². The third kappa shape index (κ3) is 13.0. The Kier molecular flexibility index (Phi) is 14.8. The summed E-state index contributed by atoms with van der Waals surface area (Å²) in [6.07, 6.45) is 15.4. The summed E-state index contributed by atoms with van der Waals surface area (Å²) < 4.78 is 11.0. The lowest BCUT2D eigenvalue weighted by atomic mass is 10.1. The Labute approximate surface area is 177 Å². The maximum absolute atomic E-state index is 11.8. The Morgan fingerprint density at radius 3 is 2.07 bits per heavy atom. The van der Waals surface area contributed by atoms with Gasteiger partial charge in [0.1, 0.15) is 5.75 Å². The molecule has 0 bridgehead atoms. The van der Waals surface area contributed by atoms with Crippen molar-refractivity contribution in [2.75, 3.05) is 13.2 Å². The number of rotatable bonds is 17. The number of carbonyl (C=O) groups is 1. The summed E-state index contributed by atoms with van der Waals surface area (Å²) in [7, 11) is 0. The van der Waals surface area contributed by atoms with Gasteiger partial charge in [0, 0.05) is 11.4 Å². The van der Waals surface area contributed by atoms with Gasteiger partial charge in [0.2, 0.25) is 0 Å². The number of ether oxygens (including phenoxy) is 2. The second-order valence-electron chi connectivity index (χ2n) is 7.62. The minimum absolute atomic E-state index is 0.122. The first-order valence-electron chi connectivity index (χ1n) is 11.2. The van der Waals surface area contributed by atoms with Gasteiger partial charge >= 0.3 is 5.97 Å². The molecule has 28 heavy (non-hydrogen) atoms. The fourth-order valence-electron chi connectivity index (χ4n) is 3.20. The van der Waals surface area contributed by atoms with Gasteiger partial charge in [-0.1, -0.05) is 82.7 Å². The lowest BCUT2D eigenvalue weighted by Gasteiger charge is -2.09. The number of carbonyl (C=O) groups excluding carboxylic acids is 1. The molecule has 4 heteroatoms. The van der Waals surface area contributed by atoms with E-state index in [9.17, 15) is 4.79 Å². The van der Waals surface area contributed by atoms with Gasteiger partial charge in [0.05, 0.1) is 13.2 Å². The first kappa shape index (κ1) is 24.8. The van der Waals surface area contributed by atoms with Crippen molar-refractivity contribution in [2.45, 2.75) is 97.3 Å². The molecule has 0 atom stereocenters. The lowest BCUT2D eigenvalue weighted by Crippen LogP contribution is -2.08. The molecule has 0 unspecified atom stereocenters. The zero-order chi connectivity index (χ0) is 20.5. The summed E-state index contributed by atoms with van der Waals surface area (Å²) in [6, 6.07) is 5.55. The van der Waals surface area contributed by atoms with Crippen LogP contribution in [-0.4, -0.2) is 19.2 Å².